The third-order valence-corrected chi connectivity index (χ3v) is 6.36. The summed E-state index contributed by atoms with van der Waals surface area (Å²) in [6, 6.07) is 18.6. The molecule has 0 aliphatic carbocycles. The average Bonchev–Trinajstić information content (AvgIpc) is 2.77. The monoisotopic (exact) mass is 395 g/mol. The van der Waals surface area contributed by atoms with Crippen LogP contribution in [0.25, 0.3) is 0 Å². The number of aliphatic hydroxyl groups is 1. The normalized spacial score (nSPS) is 18.4. The minimum absolute atomic E-state index is 0.0361. The van der Waals surface area contributed by atoms with E-state index in [1.807, 2.05) is 24.3 Å². The van der Waals surface area contributed by atoms with Crippen LogP contribution in [0.1, 0.15) is 63.0 Å². The fraction of sp³-hybridized carbons (Fsp3) is 0.538. The van der Waals surface area contributed by atoms with Gasteiger partial charge in [-0.25, -0.2) is 0 Å². The molecule has 3 heteroatoms. The van der Waals surface area contributed by atoms with Gasteiger partial charge in [0.2, 0.25) is 0 Å². The first-order valence-corrected chi connectivity index (χ1v) is 11.2. The van der Waals surface area contributed by atoms with Gasteiger partial charge < -0.3 is 14.7 Å². The van der Waals surface area contributed by atoms with Gasteiger partial charge in [-0.3, -0.25) is 0 Å². The first kappa shape index (κ1) is 21.9. The van der Waals surface area contributed by atoms with Gasteiger partial charge in [0.05, 0.1) is 12.7 Å². The van der Waals surface area contributed by atoms with E-state index in [9.17, 15) is 5.11 Å². The van der Waals surface area contributed by atoms with Gasteiger partial charge in [0.1, 0.15) is 5.75 Å². The second-order valence-corrected chi connectivity index (χ2v) is 8.91. The minimum Gasteiger partial charge on any atom is -0.497 e. The van der Waals surface area contributed by atoms with Crippen LogP contribution in [-0.4, -0.2) is 36.8 Å². The molecule has 2 aromatic rings. The molecule has 0 amide bonds. The molecular formula is C26H37NO2. The Kier molecular flexibility index (Phi) is 7.74. The molecule has 1 aliphatic heterocycles. The van der Waals surface area contributed by atoms with Gasteiger partial charge in [0.15, 0.2) is 0 Å². The first-order valence-electron chi connectivity index (χ1n) is 11.2. The third-order valence-electron chi connectivity index (χ3n) is 6.36. The molecule has 29 heavy (non-hydrogen) atoms. The molecule has 0 aromatic heterocycles. The Hall–Kier alpha value is -1.84. The Morgan fingerprint density at radius 1 is 0.966 bits per heavy atom. The van der Waals surface area contributed by atoms with E-state index in [2.05, 4.69) is 49.1 Å². The van der Waals surface area contributed by atoms with Crippen LogP contribution in [0, 0.1) is 5.92 Å². The van der Waals surface area contributed by atoms with E-state index >= 15 is 0 Å². The highest BCUT2D eigenvalue weighted by molar-refractivity contribution is 5.35. The number of ether oxygens (including phenoxy) is 1. The highest BCUT2D eigenvalue weighted by Gasteiger charge is 2.40. The predicted molar refractivity (Wildman–Crippen MR) is 120 cm³/mol. The molecule has 3 rings (SSSR count). The molecule has 1 saturated heterocycles. The van der Waals surface area contributed by atoms with Gasteiger partial charge in [-0.15, -0.1) is 0 Å². The quantitative estimate of drug-likeness (QED) is 0.601. The van der Waals surface area contributed by atoms with Crippen molar-refractivity contribution < 1.29 is 9.84 Å². The van der Waals surface area contributed by atoms with Crippen LogP contribution in [0.2, 0.25) is 0 Å². The maximum Gasteiger partial charge on any atom is 0.118 e. The molecule has 2 aromatic carbocycles. The van der Waals surface area contributed by atoms with Crippen molar-refractivity contribution in [2.24, 2.45) is 5.92 Å². The first-order chi connectivity index (χ1) is 14.0. The molecule has 0 spiro atoms. The van der Waals surface area contributed by atoms with Crippen molar-refractivity contribution in [3.63, 3.8) is 0 Å². The van der Waals surface area contributed by atoms with E-state index in [4.69, 9.17) is 4.74 Å². The van der Waals surface area contributed by atoms with E-state index < -0.39 is 5.60 Å². The van der Waals surface area contributed by atoms with Crippen LogP contribution < -0.4 is 4.74 Å². The summed E-state index contributed by atoms with van der Waals surface area (Å²) >= 11 is 0. The van der Waals surface area contributed by atoms with E-state index in [1.54, 1.807) is 7.11 Å². The van der Waals surface area contributed by atoms with Gasteiger partial charge in [0.25, 0.3) is 0 Å². The SMILES string of the molecule is COc1ccc([C@](O)(CCC(C)C)[C@@H](CN2CCCCC2)c2ccccc2)cc1. The fourth-order valence-electron chi connectivity index (χ4n) is 4.53. The van der Waals surface area contributed by atoms with Crippen LogP contribution >= 0.6 is 0 Å². The van der Waals surface area contributed by atoms with E-state index in [1.165, 1.54) is 24.8 Å². The zero-order chi connectivity index (χ0) is 20.7. The molecule has 1 aliphatic rings. The molecule has 0 saturated carbocycles. The maximum absolute atomic E-state index is 12.3. The van der Waals surface area contributed by atoms with Crippen molar-refractivity contribution in [1.29, 1.82) is 0 Å². The van der Waals surface area contributed by atoms with E-state index in [0.29, 0.717) is 5.92 Å². The van der Waals surface area contributed by atoms with E-state index in [-0.39, 0.29) is 5.92 Å². The molecule has 0 bridgehead atoms. The number of hydrogen-bond acceptors (Lipinski definition) is 3. The Morgan fingerprint density at radius 2 is 1.62 bits per heavy atom. The van der Waals surface area contributed by atoms with Crippen molar-refractivity contribution in [3.05, 3.63) is 65.7 Å². The molecule has 1 N–H and O–H groups in total. The van der Waals surface area contributed by atoms with Crippen LogP contribution in [0.5, 0.6) is 5.75 Å². The lowest BCUT2D eigenvalue weighted by molar-refractivity contribution is -0.0187. The highest BCUT2D eigenvalue weighted by atomic mass is 16.5. The molecule has 3 nitrogen and oxygen atoms in total. The maximum atomic E-state index is 12.3. The summed E-state index contributed by atoms with van der Waals surface area (Å²) in [6.45, 7) is 7.62. The number of benzene rings is 2. The van der Waals surface area contributed by atoms with Crippen molar-refractivity contribution in [1.82, 2.24) is 4.90 Å². The van der Waals surface area contributed by atoms with Gasteiger partial charge in [-0.2, -0.15) is 0 Å². The van der Waals surface area contributed by atoms with Crippen LogP contribution in [0.15, 0.2) is 54.6 Å². The molecular weight excluding hydrogens is 358 g/mol. The lowest BCUT2D eigenvalue weighted by Crippen LogP contribution is -2.43. The fourth-order valence-corrected chi connectivity index (χ4v) is 4.53. The summed E-state index contributed by atoms with van der Waals surface area (Å²) in [5.41, 5.74) is 1.31. The average molecular weight is 396 g/mol. The number of likely N-dealkylation sites (tertiary alicyclic amines) is 1. The Balaban J connectivity index is 1.99. The van der Waals surface area contributed by atoms with Gasteiger partial charge in [-0.05, 0) is 68.0 Å². The predicted octanol–water partition coefficient (Wildman–Crippen LogP) is 5.59. The topological polar surface area (TPSA) is 32.7 Å². The van der Waals surface area contributed by atoms with Gasteiger partial charge in [0, 0.05) is 12.5 Å². The molecule has 1 heterocycles. The Morgan fingerprint density at radius 3 is 2.21 bits per heavy atom. The molecule has 0 unspecified atom stereocenters. The standard InChI is InChI=1S/C26H37NO2/c1-21(2)16-17-26(28,23-12-14-24(29-3)15-13-23)25(22-10-6-4-7-11-22)20-27-18-8-5-9-19-27/h4,6-7,10-15,21,25,28H,5,8-9,16-20H2,1-3H3/t25-,26+/m0/s1. The number of piperidine rings is 1. The summed E-state index contributed by atoms with van der Waals surface area (Å²) in [5, 5.41) is 12.3. The summed E-state index contributed by atoms with van der Waals surface area (Å²) in [5.74, 6) is 1.41. The van der Waals surface area contributed by atoms with Crippen LogP contribution in [0.4, 0.5) is 0 Å². The summed E-state index contributed by atoms with van der Waals surface area (Å²) in [4.78, 5) is 2.55. The second-order valence-electron chi connectivity index (χ2n) is 8.91. The zero-order valence-corrected chi connectivity index (χ0v) is 18.3. The van der Waals surface area contributed by atoms with Crippen molar-refractivity contribution in [2.45, 2.75) is 57.5 Å². The summed E-state index contributed by atoms with van der Waals surface area (Å²) in [7, 11) is 1.68. The zero-order valence-electron chi connectivity index (χ0n) is 18.3. The number of rotatable bonds is 9. The molecule has 2 atom stereocenters. The smallest absolute Gasteiger partial charge is 0.118 e. The van der Waals surface area contributed by atoms with E-state index in [0.717, 1.165) is 43.8 Å². The third kappa shape index (κ3) is 5.61. The number of methoxy groups -OCH3 is 1. The van der Waals surface area contributed by atoms with Crippen molar-refractivity contribution in [2.75, 3.05) is 26.7 Å². The summed E-state index contributed by atoms with van der Waals surface area (Å²) in [6.07, 6.45) is 5.59. The highest BCUT2D eigenvalue weighted by Crippen LogP contribution is 2.42. The second kappa shape index (κ2) is 10.3. The van der Waals surface area contributed by atoms with Gasteiger partial charge >= 0.3 is 0 Å². The number of hydrogen-bond donors (Lipinski definition) is 1. The van der Waals surface area contributed by atoms with Crippen molar-refractivity contribution >= 4 is 0 Å². The van der Waals surface area contributed by atoms with Crippen LogP contribution in [0.3, 0.4) is 0 Å². The number of nitrogens with zero attached hydrogens (tertiary/aromatic N) is 1. The lowest BCUT2D eigenvalue weighted by Gasteiger charge is -2.41. The Labute approximate surface area is 176 Å². The minimum atomic E-state index is -0.907. The molecule has 0 radical (unpaired) electrons. The Bertz CT molecular complexity index is 722. The molecule has 1 fully saturated rings. The lowest BCUT2D eigenvalue weighted by atomic mass is 9.73. The largest absolute Gasteiger partial charge is 0.497 e. The summed E-state index contributed by atoms with van der Waals surface area (Å²) < 4.78 is 5.36. The van der Waals surface area contributed by atoms with Crippen molar-refractivity contribution in [3.8, 4) is 5.75 Å². The van der Waals surface area contributed by atoms with Gasteiger partial charge in [-0.1, -0.05) is 62.7 Å². The molecule has 158 valence electrons. The van der Waals surface area contributed by atoms with Crippen LogP contribution in [-0.2, 0) is 5.60 Å².